The fourth-order valence-electron chi connectivity index (χ4n) is 3.27. The fraction of sp³-hybridized carbons (Fsp3) is 0.250. The maximum absolute atomic E-state index is 12.9. The molecule has 1 N–H and O–H groups in total. The van der Waals surface area contributed by atoms with Crippen molar-refractivity contribution in [2.45, 2.75) is 40.2 Å². The molecule has 0 fully saturated rings. The molecule has 7 heteroatoms. The maximum Gasteiger partial charge on any atom is 0.272 e. The molecule has 0 unspecified atom stereocenters. The Balaban J connectivity index is 2.17. The smallest absolute Gasteiger partial charge is 0.272 e. The summed E-state index contributed by atoms with van der Waals surface area (Å²) in [6.07, 6.45) is 2.86. The van der Waals surface area contributed by atoms with Crippen LogP contribution in [0, 0.1) is 6.92 Å². The van der Waals surface area contributed by atoms with Gasteiger partial charge in [0.25, 0.3) is 5.91 Å². The summed E-state index contributed by atoms with van der Waals surface area (Å²) in [5, 5.41) is 9.30. The van der Waals surface area contributed by atoms with Gasteiger partial charge in [0.2, 0.25) is 0 Å². The van der Waals surface area contributed by atoms with Crippen molar-refractivity contribution in [2.75, 3.05) is 0 Å². The van der Waals surface area contributed by atoms with E-state index in [1.807, 2.05) is 58.0 Å². The molecule has 31 heavy (non-hydrogen) atoms. The zero-order chi connectivity index (χ0) is 22.7. The molecule has 0 saturated heterocycles. The van der Waals surface area contributed by atoms with Gasteiger partial charge < -0.3 is 5.32 Å². The van der Waals surface area contributed by atoms with E-state index in [1.165, 1.54) is 0 Å². The van der Waals surface area contributed by atoms with Crippen molar-refractivity contribution in [1.82, 2.24) is 15.1 Å². The van der Waals surface area contributed by atoms with Gasteiger partial charge in [-0.25, -0.2) is 4.68 Å². The minimum atomic E-state index is -0.212. The molecule has 0 spiro atoms. The summed E-state index contributed by atoms with van der Waals surface area (Å²) in [4.78, 5) is 12.9. The predicted octanol–water partition coefficient (Wildman–Crippen LogP) is 7.23. The van der Waals surface area contributed by atoms with Crippen molar-refractivity contribution >= 4 is 52.4 Å². The Morgan fingerprint density at radius 2 is 1.77 bits per heavy atom. The van der Waals surface area contributed by atoms with Gasteiger partial charge in [-0.1, -0.05) is 53.9 Å². The van der Waals surface area contributed by atoms with Gasteiger partial charge >= 0.3 is 0 Å². The molecule has 1 atom stereocenters. The zero-order valence-electron chi connectivity index (χ0n) is 17.8. The first-order valence-electron chi connectivity index (χ1n) is 10.0. The molecule has 0 radical (unpaired) electrons. The second-order valence-electron chi connectivity index (χ2n) is 7.49. The van der Waals surface area contributed by atoms with Gasteiger partial charge in [0.15, 0.2) is 5.69 Å². The number of hydrogen-bond donors (Lipinski definition) is 1. The Hall–Kier alpha value is -2.27. The highest BCUT2D eigenvalue weighted by atomic mass is 35.5. The van der Waals surface area contributed by atoms with Crippen molar-refractivity contribution < 1.29 is 4.79 Å². The highest BCUT2D eigenvalue weighted by molar-refractivity contribution is 6.35. The Morgan fingerprint density at radius 3 is 2.39 bits per heavy atom. The van der Waals surface area contributed by atoms with E-state index in [0.29, 0.717) is 26.4 Å². The molecule has 3 aromatic rings. The average Bonchev–Trinajstić information content (AvgIpc) is 3.06. The number of rotatable bonds is 6. The standard InChI is InChI=1S/C24H24Cl3N3O/c1-5-15(3)28-24(31)22-16(4)23(14(2)12-17-6-8-18(25)9-7-17)30(29-22)21-11-10-19(26)13-20(21)27/h6-13,15H,5H2,1-4H3,(H,28,31)/b14-12+/t15-/m0/s1. The van der Waals surface area contributed by atoms with E-state index < -0.39 is 0 Å². The number of aromatic nitrogens is 2. The van der Waals surface area contributed by atoms with Crippen molar-refractivity contribution in [3.8, 4) is 5.69 Å². The zero-order valence-corrected chi connectivity index (χ0v) is 20.1. The minimum Gasteiger partial charge on any atom is -0.348 e. The number of carbonyl (C=O) groups excluding carboxylic acids is 1. The molecule has 1 aromatic heterocycles. The summed E-state index contributed by atoms with van der Waals surface area (Å²) >= 11 is 18.6. The number of benzene rings is 2. The lowest BCUT2D eigenvalue weighted by Gasteiger charge is -2.11. The summed E-state index contributed by atoms with van der Waals surface area (Å²) in [7, 11) is 0. The number of nitrogens with zero attached hydrogens (tertiary/aromatic N) is 2. The monoisotopic (exact) mass is 475 g/mol. The van der Waals surface area contributed by atoms with Gasteiger partial charge in [0.05, 0.1) is 16.4 Å². The molecule has 0 bridgehead atoms. The van der Waals surface area contributed by atoms with Crippen LogP contribution in [0.25, 0.3) is 17.3 Å². The number of hydrogen-bond acceptors (Lipinski definition) is 2. The molecule has 0 aliphatic carbocycles. The van der Waals surface area contributed by atoms with E-state index in [2.05, 4.69) is 10.4 Å². The van der Waals surface area contributed by atoms with Crippen molar-refractivity contribution in [1.29, 1.82) is 0 Å². The summed E-state index contributed by atoms with van der Waals surface area (Å²) in [5.74, 6) is -0.212. The largest absolute Gasteiger partial charge is 0.348 e. The molecule has 1 heterocycles. The van der Waals surface area contributed by atoms with Crippen LogP contribution in [0.1, 0.15) is 54.5 Å². The van der Waals surface area contributed by atoms with Crippen LogP contribution in [0.15, 0.2) is 42.5 Å². The van der Waals surface area contributed by atoms with Gasteiger partial charge in [0, 0.05) is 21.7 Å². The van der Waals surface area contributed by atoms with E-state index in [4.69, 9.17) is 34.8 Å². The number of nitrogens with one attached hydrogen (secondary N) is 1. The third kappa shape index (κ3) is 5.32. The first kappa shape index (κ1) is 23.4. The van der Waals surface area contributed by atoms with Gasteiger partial charge in [-0.3, -0.25) is 4.79 Å². The quantitative estimate of drug-likeness (QED) is 0.408. The SMILES string of the molecule is CC[C@H](C)NC(=O)c1nn(-c2ccc(Cl)cc2Cl)c(/C(C)=C/c2ccc(Cl)cc2)c1C. The van der Waals surface area contributed by atoms with Crippen LogP contribution in [0.5, 0.6) is 0 Å². The van der Waals surface area contributed by atoms with Crippen LogP contribution >= 0.6 is 34.8 Å². The Bertz CT molecular complexity index is 1130. The Morgan fingerprint density at radius 1 is 1.13 bits per heavy atom. The normalized spacial score (nSPS) is 12.7. The Labute approximate surface area is 197 Å². The van der Waals surface area contributed by atoms with Gasteiger partial charge in [0.1, 0.15) is 0 Å². The molecular weight excluding hydrogens is 453 g/mol. The molecule has 3 rings (SSSR count). The summed E-state index contributed by atoms with van der Waals surface area (Å²) < 4.78 is 1.71. The topological polar surface area (TPSA) is 46.9 Å². The fourth-order valence-corrected chi connectivity index (χ4v) is 3.89. The van der Waals surface area contributed by atoms with E-state index in [-0.39, 0.29) is 11.9 Å². The molecular formula is C24H24Cl3N3O. The minimum absolute atomic E-state index is 0.0466. The third-order valence-electron chi connectivity index (χ3n) is 5.09. The van der Waals surface area contributed by atoms with Crippen molar-refractivity contribution in [2.24, 2.45) is 0 Å². The lowest BCUT2D eigenvalue weighted by atomic mass is 10.0. The number of carbonyl (C=O) groups is 1. The van der Waals surface area contributed by atoms with Gasteiger partial charge in [-0.05, 0) is 74.7 Å². The first-order valence-corrected chi connectivity index (χ1v) is 11.1. The lowest BCUT2D eigenvalue weighted by molar-refractivity contribution is 0.0933. The van der Waals surface area contributed by atoms with Crippen molar-refractivity contribution in [3.05, 3.63) is 80.0 Å². The van der Waals surface area contributed by atoms with Crippen molar-refractivity contribution in [3.63, 3.8) is 0 Å². The molecule has 2 aromatic carbocycles. The van der Waals surface area contributed by atoms with Crippen LogP contribution in [0.3, 0.4) is 0 Å². The van der Waals surface area contributed by atoms with E-state index >= 15 is 0 Å². The van der Waals surface area contributed by atoms with Crippen LogP contribution < -0.4 is 5.32 Å². The second-order valence-corrected chi connectivity index (χ2v) is 8.77. The highest BCUT2D eigenvalue weighted by Crippen LogP contribution is 2.31. The maximum atomic E-state index is 12.9. The van der Waals surface area contributed by atoms with Crippen LogP contribution in [-0.2, 0) is 0 Å². The number of halogens is 3. The molecule has 162 valence electrons. The van der Waals surface area contributed by atoms with E-state index in [0.717, 1.165) is 28.8 Å². The van der Waals surface area contributed by atoms with E-state index in [1.54, 1.807) is 22.9 Å². The predicted molar refractivity (Wildman–Crippen MR) is 131 cm³/mol. The average molecular weight is 477 g/mol. The first-order chi connectivity index (χ1) is 14.7. The van der Waals surface area contributed by atoms with Crippen LogP contribution in [0.4, 0.5) is 0 Å². The van der Waals surface area contributed by atoms with Gasteiger partial charge in [-0.15, -0.1) is 0 Å². The summed E-state index contributed by atoms with van der Waals surface area (Å²) in [5.41, 5.74) is 4.51. The highest BCUT2D eigenvalue weighted by Gasteiger charge is 2.23. The number of amides is 1. The molecule has 1 amide bonds. The second kappa shape index (κ2) is 9.90. The summed E-state index contributed by atoms with van der Waals surface area (Å²) in [6, 6.07) is 12.8. The van der Waals surface area contributed by atoms with Crippen LogP contribution in [0.2, 0.25) is 15.1 Å². The molecule has 0 saturated carbocycles. The van der Waals surface area contributed by atoms with Gasteiger partial charge in [-0.2, -0.15) is 5.10 Å². The number of allylic oxidation sites excluding steroid dienone is 1. The summed E-state index contributed by atoms with van der Waals surface area (Å²) in [6.45, 7) is 7.86. The Kier molecular flexibility index (Phi) is 7.47. The van der Waals surface area contributed by atoms with Crippen LogP contribution in [-0.4, -0.2) is 21.7 Å². The molecule has 0 aliphatic rings. The molecule has 4 nitrogen and oxygen atoms in total. The third-order valence-corrected chi connectivity index (χ3v) is 5.88. The van der Waals surface area contributed by atoms with E-state index in [9.17, 15) is 4.79 Å². The lowest BCUT2D eigenvalue weighted by Crippen LogP contribution is -2.32. The molecule has 0 aliphatic heterocycles.